The quantitative estimate of drug-likeness (QED) is 0.860. The summed E-state index contributed by atoms with van der Waals surface area (Å²) in [6.07, 6.45) is 10.5. The molecule has 2 amide bonds. The summed E-state index contributed by atoms with van der Waals surface area (Å²) in [6, 6.07) is -0.201. The van der Waals surface area contributed by atoms with Crippen LogP contribution < -0.4 is 10.9 Å². The van der Waals surface area contributed by atoms with E-state index in [2.05, 4.69) is 10.3 Å². The van der Waals surface area contributed by atoms with Crippen molar-refractivity contribution in [2.24, 2.45) is 12.5 Å². The van der Waals surface area contributed by atoms with Crippen molar-refractivity contribution in [3.05, 3.63) is 22.7 Å². The Kier molecular flexibility index (Phi) is 3.69. The van der Waals surface area contributed by atoms with Gasteiger partial charge >= 0.3 is 6.03 Å². The molecule has 6 nitrogen and oxygen atoms in total. The SMILES string of the molecule is Cn1ccnc(NC(=O)N2CCC3(CCCCC3)C2)c1=O. The van der Waals surface area contributed by atoms with E-state index in [4.69, 9.17) is 0 Å². The third-order valence-electron chi connectivity index (χ3n) is 4.88. The van der Waals surface area contributed by atoms with Gasteiger partial charge in [-0.15, -0.1) is 0 Å². The van der Waals surface area contributed by atoms with Crippen molar-refractivity contribution >= 4 is 11.8 Å². The van der Waals surface area contributed by atoms with E-state index < -0.39 is 0 Å². The first-order valence-electron chi connectivity index (χ1n) is 7.67. The summed E-state index contributed by atoms with van der Waals surface area (Å²) in [7, 11) is 1.65. The predicted molar refractivity (Wildman–Crippen MR) is 80.2 cm³/mol. The molecule has 0 bridgehead atoms. The van der Waals surface area contributed by atoms with Crippen LogP contribution in [0.3, 0.4) is 0 Å². The number of hydrogen-bond acceptors (Lipinski definition) is 3. The molecule has 0 unspecified atom stereocenters. The van der Waals surface area contributed by atoms with E-state index in [-0.39, 0.29) is 17.4 Å². The molecular formula is C15H22N4O2. The Morgan fingerprint density at radius 3 is 2.81 bits per heavy atom. The van der Waals surface area contributed by atoms with Gasteiger partial charge < -0.3 is 9.47 Å². The number of anilines is 1. The van der Waals surface area contributed by atoms with E-state index in [1.165, 1.54) is 42.9 Å². The summed E-state index contributed by atoms with van der Waals surface area (Å²) in [6.45, 7) is 1.59. The van der Waals surface area contributed by atoms with Gasteiger partial charge in [-0.2, -0.15) is 0 Å². The minimum absolute atomic E-state index is 0.106. The van der Waals surface area contributed by atoms with Gasteiger partial charge in [-0.3, -0.25) is 10.1 Å². The van der Waals surface area contributed by atoms with Crippen LogP contribution in [0.2, 0.25) is 0 Å². The van der Waals surface area contributed by atoms with E-state index in [0.29, 0.717) is 5.41 Å². The fraction of sp³-hybridized carbons (Fsp3) is 0.667. The van der Waals surface area contributed by atoms with Crippen LogP contribution >= 0.6 is 0 Å². The van der Waals surface area contributed by atoms with E-state index >= 15 is 0 Å². The molecule has 21 heavy (non-hydrogen) atoms. The second-order valence-electron chi connectivity index (χ2n) is 6.35. The highest BCUT2D eigenvalue weighted by atomic mass is 16.2. The zero-order valence-electron chi connectivity index (χ0n) is 12.5. The van der Waals surface area contributed by atoms with Crippen LogP contribution in [-0.2, 0) is 7.05 Å². The van der Waals surface area contributed by atoms with Gasteiger partial charge in [0.15, 0.2) is 0 Å². The molecule has 3 rings (SSSR count). The van der Waals surface area contributed by atoms with Crippen molar-refractivity contribution in [1.82, 2.24) is 14.5 Å². The fourth-order valence-electron chi connectivity index (χ4n) is 3.58. The summed E-state index contributed by atoms with van der Waals surface area (Å²) in [5.74, 6) is 0.106. The average Bonchev–Trinajstić information content (AvgIpc) is 2.88. The van der Waals surface area contributed by atoms with Gasteiger partial charge in [0.1, 0.15) is 0 Å². The highest BCUT2D eigenvalue weighted by molar-refractivity contribution is 5.88. The summed E-state index contributed by atoms with van der Waals surface area (Å²) >= 11 is 0. The third-order valence-corrected chi connectivity index (χ3v) is 4.88. The molecule has 0 atom stereocenters. The first kappa shape index (κ1) is 14.1. The molecule has 2 heterocycles. The zero-order chi connectivity index (χ0) is 14.9. The molecule has 1 aromatic heterocycles. The van der Waals surface area contributed by atoms with Crippen molar-refractivity contribution in [3.63, 3.8) is 0 Å². The minimum Gasteiger partial charge on any atom is -0.324 e. The monoisotopic (exact) mass is 290 g/mol. The molecule has 1 aromatic rings. The number of rotatable bonds is 1. The van der Waals surface area contributed by atoms with Crippen LogP contribution in [0.5, 0.6) is 0 Å². The summed E-state index contributed by atoms with van der Waals surface area (Å²) in [5.41, 5.74) is 0.0439. The second kappa shape index (κ2) is 5.50. The number of hydrogen-bond donors (Lipinski definition) is 1. The maximum absolute atomic E-state index is 12.3. The standard InChI is InChI=1S/C15H22N4O2/c1-18-10-8-16-12(13(18)20)17-14(21)19-9-7-15(11-19)5-3-2-4-6-15/h8,10H,2-7,9,11H2,1H3,(H,16,17,21). The summed E-state index contributed by atoms with van der Waals surface area (Å²) in [4.78, 5) is 30.0. The number of amides is 2. The maximum Gasteiger partial charge on any atom is 0.323 e. The molecule has 1 aliphatic heterocycles. The number of urea groups is 1. The van der Waals surface area contributed by atoms with Crippen LogP contribution in [0, 0.1) is 5.41 Å². The van der Waals surface area contributed by atoms with Crippen molar-refractivity contribution in [2.45, 2.75) is 38.5 Å². The lowest BCUT2D eigenvalue weighted by Gasteiger charge is -2.33. The Balaban J connectivity index is 1.67. The minimum atomic E-state index is -0.280. The van der Waals surface area contributed by atoms with E-state index in [0.717, 1.165) is 19.5 Å². The first-order valence-corrected chi connectivity index (χ1v) is 7.67. The highest BCUT2D eigenvalue weighted by Crippen LogP contribution is 2.43. The maximum atomic E-state index is 12.3. The summed E-state index contributed by atoms with van der Waals surface area (Å²) < 4.78 is 1.41. The predicted octanol–water partition coefficient (Wildman–Crippen LogP) is 1.97. The fourth-order valence-corrected chi connectivity index (χ4v) is 3.58. The Labute approximate surface area is 124 Å². The molecule has 1 N–H and O–H groups in total. The molecule has 1 spiro atoms. The molecular weight excluding hydrogens is 268 g/mol. The van der Waals surface area contributed by atoms with Gasteiger partial charge in [0.05, 0.1) is 0 Å². The average molecular weight is 290 g/mol. The molecule has 0 radical (unpaired) electrons. The number of carbonyl (C=O) groups is 1. The number of nitrogens with zero attached hydrogens (tertiary/aromatic N) is 3. The number of likely N-dealkylation sites (tertiary alicyclic amines) is 1. The van der Waals surface area contributed by atoms with Gasteiger partial charge in [-0.05, 0) is 24.7 Å². The van der Waals surface area contributed by atoms with E-state index in [9.17, 15) is 9.59 Å². The van der Waals surface area contributed by atoms with Crippen LogP contribution in [0.25, 0.3) is 0 Å². The Hall–Kier alpha value is -1.85. The molecule has 2 aliphatic rings. The van der Waals surface area contributed by atoms with Crippen LogP contribution in [-0.4, -0.2) is 33.6 Å². The lowest BCUT2D eigenvalue weighted by molar-refractivity contribution is 0.184. The highest BCUT2D eigenvalue weighted by Gasteiger charge is 2.40. The van der Waals surface area contributed by atoms with Crippen LogP contribution in [0.4, 0.5) is 10.6 Å². The number of aryl methyl sites for hydroxylation is 1. The summed E-state index contributed by atoms with van der Waals surface area (Å²) in [5, 5.41) is 2.66. The van der Waals surface area contributed by atoms with Crippen LogP contribution in [0.1, 0.15) is 38.5 Å². The normalized spacial score (nSPS) is 20.7. The molecule has 2 fully saturated rings. The zero-order valence-corrected chi connectivity index (χ0v) is 12.5. The van der Waals surface area contributed by atoms with Gasteiger partial charge in [0.25, 0.3) is 5.56 Å². The number of carbonyl (C=O) groups excluding carboxylic acids is 1. The van der Waals surface area contributed by atoms with Crippen molar-refractivity contribution in [3.8, 4) is 0 Å². The topological polar surface area (TPSA) is 67.2 Å². The molecule has 6 heteroatoms. The van der Waals surface area contributed by atoms with Gasteiger partial charge in [-0.1, -0.05) is 19.3 Å². The molecule has 1 saturated carbocycles. The molecule has 1 saturated heterocycles. The lowest BCUT2D eigenvalue weighted by Crippen LogP contribution is -2.38. The molecule has 114 valence electrons. The van der Waals surface area contributed by atoms with E-state index in [1.807, 2.05) is 4.90 Å². The van der Waals surface area contributed by atoms with Crippen molar-refractivity contribution < 1.29 is 4.79 Å². The first-order chi connectivity index (χ1) is 10.1. The molecule has 0 aromatic carbocycles. The largest absolute Gasteiger partial charge is 0.324 e. The Bertz CT molecular complexity index is 590. The second-order valence-corrected chi connectivity index (χ2v) is 6.35. The van der Waals surface area contributed by atoms with E-state index in [1.54, 1.807) is 13.2 Å². The van der Waals surface area contributed by atoms with Gasteiger partial charge in [0.2, 0.25) is 5.82 Å². The Morgan fingerprint density at radius 2 is 2.05 bits per heavy atom. The van der Waals surface area contributed by atoms with Gasteiger partial charge in [0, 0.05) is 32.5 Å². The van der Waals surface area contributed by atoms with Gasteiger partial charge in [-0.25, -0.2) is 9.78 Å². The Morgan fingerprint density at radius 1 is 1.29 bits per heavy atom. The van der Waals surface area contributed by atoms with Crippen molar-refractivity contribution in [2.75, 3.05) is 18.4 Å². The van der Waals surface area contributed by atoms with Crippen molar-refractivity contribution in [1.29, 1.82) is 0 Å². The van der Waals surface area contributed by atoms with Crippen LogP contribution in [0.15, 0.2) is 17.2 Å². The number of aromatic nitrogens is 2. The molecule has 1 aliphatic carbocycles. The third kappa shape index (κ3) is 2.80. The lowest BCUT2D eigenvalue weighted by atomic mass is 9.73. The number of nitrogens with one attached hydrogen (secondary N) is 1. The smallest absolute Gasteiger partial charge is 0.323 e.